The van der Waals surface area contributed by atoms with Gasteiger partial charge in [-0.15, -0.1) is 0 Å². The van der Waals surface area contributed by atoms with Crippen LogP contribution in [0.1, 0.15) is 33.1 Å². The van der Waals surface area contributed by atoms with Crippen molar-refractivity contribution in [3.05, 3.63) is 0 Å². The fourth-order valence-corrected chi connectivity index (χ4v) is 0.954. The molecule has 91 valence electrons. The number of hydrogen-bond acceptors (Lipinski definition) is 3. The predicted molar refractivity (Wildman–Crippen MR) is 58.2 cm³/mol. The van der Waals surface area contributed by atoms with Gasteiger partial charge < -0.3 is 14.8 Å². The first-order chi connectivity index (χ1) is 7.22. The first-order valence-corrected chi connectivity index (χ1v) is 5.42. The summed E-state index contributed by atoms with van der Waals surface area (Å²) >= 11 is 0. The molecule has 0 saturated heterocycles. The van der Waals surface area contributed by atoms with Crippen LogP contribution in [0.15, 0.2) is 0 Å². The van der Waals surface area contributed by atoms with Crippen molar-refractivity contribution in [2.24, 2.45) is 5.92 Å². The number of carbonyl (C=O) groups excluding carboxylic acids is 2. The molecule has 0 spiro atoms. The van der Waals surface area contributed by atoms with Crippen molar-refractivity contribution in [1.29, 1.82) is 0 Å². The summed E-state index contributed by atoms with van der Waals surface area (Å²) in [6.45, 7) is 5.47. The van der Waals surface area contributed by atoms with Crippen LogP contribution in [-0.2, 0) is 47.0 Å². The van der Waals surface area contributed by atoms with Gasteiger partial charge in [-0.2, -0.15) is 6.42 Å². The Morgan fingerprint density at radius 2 is 2.12 bits per heavy atom. The third-order valence-corrected chi connectivity index (χ3v) is 2.17. The van der Waals surface area contributed by atoms with E-state index in [-0.39, 0.29) is 44.5 Å². The van der Waals surface area contributed by atoms with E-state index in [0.29, 0.717) is 32.6 Å². The van der Waals surface area contributed by atoms with E-state index in [0.717, 1.165) is 6.42 Å². The quantitative estimate of drug-likeness (QED) is 0.512. The van der Waals surface area contributed by atoms with Crippen molar-refractivity contribution in [1.82, 2.24) is 5.32 Å². The van der Waals surface area contributed by atoms with Gasteiger partial charge in [0.05, 0.1) is 6.61 Å². The number of nitrogens with one attached hydrogen (secondary N) is 1. The van der Waals surface area contributed by atoms with Gasteiger partial charge in [0.1, 0.15) is 0 Å². The molecule has 5 heteroatoms. The van der Waals surface area contributed by atoms with E-state index in [4.69, 9.17) is 4.74 Å². The zero-order valence-corrected chi connectivity index (χ0v) is 13.0. The summed E-state index contributed by atoms with van der Waals surface area (Å²) in [7, 11) is 0. The summed E-state index contributed by atoms with van der Waals surface area (Å²) in [5.41, 5.74) is 0. The Kier molecular flexibility index (Phi) is 15.4. The minimum absolute atomic E-state index is 0. The molecule has 1 unspecified atom stereocenters. The molecule has 0 aliphatic rings. The Balaban J connectivity index is 0. The van der Waals surface area contributed by atoms with Gasteiger partial charge in [-0.05, 0) is 6.42 Å². The number of rotatable bonds is 9. The maximum Gasteiger partial charge on any atom is 0.222 e. The van der Waals surface area contributed by atoms with Gasteiger partial charge >= 0.3 is 0 Å². The van der Waals surface area contributed by atoms with E-state index in [1.54, 1.807) is 6.29 Å². The zero-order chi connectivity index (χ0) is 11.5. The molecule has 0 bridgehead atoms. The van der Waals surface area contributed by atoms with E-state index in [2.05, 4.69) is 5.32 Å². The molecule has 4 nitrogen and oxygen atoms in total. The SMILES string of the molecule is CCC(C)C(=O)NCCOCCC[C-]=O.[Y]. The second kappa shape index (κ2) is 13.3. The normalized spacial score (nSPS) is 11.4. The standard InChI is InChI=1S/C11H20NO3.Y/c1-3-10(2)11(14)12-6-9-15-8-5-4-7-13;/h10H,3-6,8-9H2,1-2H3,(H,12,14);/q-1;. The number of carbonyl (C=O) groups is 1. The largest absolute Gasteiger partial charge is 0.542 e. The third kappa shape index (κ3) is 10.7. The number of hydrogen-bond donors (Lipinski definition) is 1. The fourth-order valence-electron chi connectivity index (χ4n) is 0.954. The second-order valence-electron chi connectivity index (χ2n) is 3.46. The van der Waals surface area contributed by atoms with Crippen LogP contribution in [0.2, 0.25) is 0 Å². The number of amides is 1. The van der Waals surface area contributed by atoms with Crippen LogP contribution in [0.25, 0.3) is 0 Å². The maximum atomic E-state index is 11.3. The van der Waals surface area contributed by atoms with Gasteiger partial charge in [-0.25, -0.2) is 0 Å². The molecule has 0 aliphatic heterocycles. The fraction of sp³-hybridized carbons (Fsp3) is 0.818. The monoisotopic (exact) mass is 303 g/mol. The summed E-state index contributed by atoms with van der Waals surface area (Å²) in [5.74, 6) is 0.136. The zero-order valence-electron chi connectivity index (χ0n) is 10.1. The van der Waals surface area contributed by atoms with Crippen LogP contribution in [-0.4, -0.2) is 32.0 Å². The summed E-state index contributed by atoms with van der Waals surface area (Å²) in [6, 6.07) is 0. The summed E-state index contributed by atoms with van der Waals surface area (Å²) in [6.07, 6.45) is 3.76. The molecule has 0 heterocycles. The van der Waals surface area contributed by atoms with Crippen LogP contribution >= 0.6 is 0 Å². The Bertz CT molecular complexity index is 188. The first-order valence-electron chi connectivity index (χ1n) is 5.42. The molecule has 1 atom stereocenters. The van der Waals surface area contributed by atoms with E-state index < -0.39 is 0 Å². The molecule has 1 amide bonds. The smallest absolute Gasteiger partial charge is 0.222 e. The molecular formula is C11H20NO3Y-. The molecule has 0 aromatic heterocycles. The molecule has 1 radical (unpaired) electrons. The molecule has 0 rings (SSSR count). The van der Waals surface area contributed by atoms with Crippen LogP contribution in [0.4, 0.5) is 0 Å². The average molecular weight is 303 g/mol. The van der Waals surface area contributed by atoms with E-state index in [1.165, 1.54) is 0 Å². The molecular weight excluding hydrogens is 283 g/mol. The van der Waals surface area contributed by atoms with Crippen molar-refractivity contribution in [3.63, 3.8) is 0 Å². The Morgan fingerprint density at radius 1 is 1.44 bits per heavy atom. The van der Waals surface area contributed by atoms with Crippen molar-refractivity contribution in [3.8, 4) is 0 Å². The van der Waals surface area contributed by atoms with Crippen LogP contribution in [0.5, 0.6) is 0 Å². The van der Waals surface area contributed by atoms with E-state index in [1.807, 2.05) is 13.8 Å². The summed E-state index contributed by atoms with van der Waals surface area (Å²) in [4.78, 5) is 21.1. The molecule has 0 aromatic carbocycles. The van der Waals surface area contributed by atoms with Crippen molar-refractivity contribution >= 4 is 12.2 Å². The molecule has 16 heavy (non-hydrogen) atoms. The van der Waals surface area contributed by atoms with Gasteiger partial charge in [0.2, 0.25) is 5.91 Å². The summed E-state index contributed by atoms with van der Waals surface area (Å²) in [5, 5.41) is 2.78. The molecule has 0 fully saturated rings. The molecule has 0 aromatic rings. The van der Waals surface area contributed by atoms with Crippen LogP contribution in [0, 0.1) is 5.92 Å². The van der Waals surface area contributed by atoms with Crippen molar-refractivity contribution < 1.29 is 47.0 Å². The Morgan fingerprint density at radius 3 is 2.69 bits per heavy atom. The summed E-state index contributed by atoms with van der Waals surface area (Å²) < 4.78 is 5.21. The maximum absolute atomic E-state index is 11.3. The topological polar surface area (TPSA) is 55.4 Å². The molecule has 0 aliphatic carbocycles. The number of unbranched alkanes of at least 4 members (excludes halogenated alkanes) is 1. The van der Waals surface area contributed by atoms with Crippen molar-refractivity contribution in [2.45, 2.75) is 33.1 Å². The van der Waals surface area contributed by atoms with Gasteiger partial charge in [0, 0.05) is 51.8 Å². The first kappa shape index (κ1) is 18.6. The van der Waals surface area contributed by atoms with Crippen LogP contribution in [0.3, 0.4) is 0 Å². The average Bonchev–Trinajstić information content (AvgIpc) is 2.26. The number of ether oxygens (including phenoxy) is 1. The minimum Gasteiger partial charge on any atom is -0.542 e. The van der Waals surface area contributed by atoms with E-state index >= 15 is 0 Å². The predicted octanol–water partition coefficient (Wildman–Crippen LogP) is 1.05. The Labute approximate surface area is 123 Å². The minimum atomic E-state index is 0. The van der Waals surface area contributed by atoms with Gasteiger partial charge in [-0.3, -0.25) is 11.1 Å². The Hall–Kier alpha value is 0.204. The van der Waals surface area contributed by atoms with Gasteiger partial charge in [-0.1, -0.05) is 20.3 Å². The van der Waals surface area contributed by atoms with Crippen molar-refractivity contribution in [2.75, 3.05) is 19.8 Å². The van der Waals surface area contributed by atoms with Crippen LogP contribution < -0.4 is 5.32 Å². The van der Waals surface area contributed by atoms with E-state index in [9.17, 15) is 9.59 Å². The van der Waals surface area contributed by atoms with Gasteiger partial charge in [0.15, 0.2) is 0 Å². The van der Waals surface area contributed by atoms with Gasteiger partial charge in [0.25, 0.3) is 0 Å². The third-order valence-electron chi connectivity index (χ3n) is 2.17. The molecule has 0 saturated carbocycles. The second-order valence-corrected chi connectivity index (χ2v) is 3.46. The molecule has 1 N–H and O–H groups in total.